The van der Waals surface area contributed by atoms with Gasteiger partial charge in [0.2, 0.25) is 5.91 Å². The Morgan fingerprint density at radius 1 is 1.30 bits per heavy atom. The van der Waals surface area contributed by atoms with Crippen LogP contribution in [0.15, 0.2) is 30.3 Å². The summed E-state index contributed by atoms with van der Waals surface area (Å²) < 4.78 is 1.94. The van der Waals surface area contributed by atoms with E-state index in [2.05, 4.69) is 36.3 Å². The molecular formula is C18H24N4O. The van der Waals surface area contributed by atoms with Crippen LogP contribution in [0.5, 0.6) is 0 Å². The molecule has 1 aliphatic carbocycles. The average molecular weight is 312 g/mol. The van der Waals surface area contributed by atoms with Crippen LogP contribution in [0.1, 0.15) is 55.7 Å². The fraction of sp³-hybridized carbons (Fsp3) is 0.500. The number of benzene rings is 1. The van der Waals surface area contributed by atoms with Crippen LogP contribution in [0.4, 0.5) is 0 Å². The van der Waals surface area contributed by atoms with Gasteiger partial charge in [-0.2, -0.15) is 5.10 Å². The Morgan fingerprint density at radius 3 is 2.61 bits per heavy atom. The van der Waals surface area contributed by atoms with Crippen molar-refractivity contribution in [1.29, 1.82) is 0 Å². The van der Waals surface area contributed by atoms with Crippen molar-refractivity contribution >= 4 is 5.91 Å². The number of aryl methyl sites for hydroxylation is 1. The highest BCUT2D eigenvalue weighted by Crippen LogP contribution is 2.40. The molecule has 122 valence electrons. The fourth-order valence-electron chi connectivity index (χ4n) is 3.68. The van der Waals surface area contributed by atoms with Crippen molar-refractivity contribution < 1.29 is 4.79 Å². The smallest absolute Gasteiger partial charge is 0.225 e. The van der Waals surface area contributed by atoms with Gasteiger partial charge in [-0.15, -0.1) is 0 Å². The summed E-state index contributed by atoms with van der Waals surface area (Å²) in [6.07, 6.45) is 5.11. The van der Waals surface area contributed by atoms with Crippen LogP contribution in [0.25, 0.3) is 0 Å². The number of carbonyl (C=O) groups is 1. The summed E-state index contributed by atoms with van der Waals surface area (Å²) in [5, 5.41) is 4.49. The largest absolute Gasteiger partial charge is 0.369 e. The molecule has 5 nitrogen and oxygen atoms in total. The Hall–Kier alpha value is -2.17. The van der Waals surface area contributed by atoms with E-state index in [-0.39, 0.29) is 18.2 Å². The lowest BCUT2D eigenvalue weighted by atomic mass is 9.84. The first-order valence-corrected chi connectivity index (χ1v) is 8.46. The minimum absolute atomic E-state index is 0.103. The first kappa shape index (κ1) is 15.7. The van der Waals surface area contributed by atoms with Gasteiger partial charge in [-0.25, -0.2) is 9.67 Å². The van der Waals surface area contributed by atoms with Gasteiger partial charge in [0.1, 0.15) is 5.82 Å². The predicted octanol–water partition coefficient (Wildman–Crippen LogP) is 2.65. The molecule has 0 radical (unpaired) electrons. The summed E-state index contributed by atoms with van der Waals surface area (Å²) in [6.45, 7) is 2.81. The lowest BCUT2D eigenvalue weighted by molar-refractivity contribution is -0.117. The molecule has 0 bridgehead atoms. The highest BCUT2D eigenvalue weighted by atomic mass is 16.1. The third-order valence-electron chi connectivity index (χ3n) is 4.68. The van der Waals surface area contributed by atoms with Gasteiger partial charge >= 0.3 is 0 Å². The number of carbonyl (C=O) groups excluding carboxylic acids is 1. The first-order valence-electron chi connectivity index (χ1n) is 8.46. The fourth-order valence-corrected chi connectivity index (χ4v) is 3.68. The van der Waals surface area contributed by atoms with E-state index < -0.39 is 0 Å². The quantitative estimate of drug-likeness (QED) is 0.891. The maximum Gasteiger partial charge on any atom is 0.225 e. The Balaban J connectivity index is 2.02. The van der Waals surface area contributed by atoms with E-state index in [1.807, 2.05) is 10.7 Å². The SMILES string of the molecule is CCn1nc(CC(N)=O)nc1[C@H](c1ccccc1)C1CCCC1. The van der Waals surface area contributed by atoms with Crippen LogP contribution in [0, 0.1) is 5.92 Å². The average Bonchev–Trinajstić information content (AvgIpc) is 3.19. The molecule has 5 heteroatoms. The van der Waals surface area contributed by atoms with Gasteiger partial charge in [-0.1, -0.05) is 43.2 Å². The van der Waals surface area contributed by atoms with Gasteiger partial charge in [0.25, 0.3) is 0 Å². The lowest BCUT2D eigenvalue weighted by Crippen LogP contribution is -2.17. The number of amides is 1. The Morgan fingerprint density at radius 2 is 2.00 bits per heavy atom. The van der Waals surface area contributed by atoms with E-state index in [4.69, 9.17) is 10.7 Å². The topological polar surface area (TPSA) is 73.8 Å². The third kappa shape index (κ3) is 3.44. The minimum Gasteiger partial charge on any atom is -0.369 e. The summed E-state index contributed by atoms with van der Waals surface area (Å²) in [4.78, 5) is 15.9. The zero-order valence-corrected chi connectivity index (χ0v) is 13.6. The van der Waals surface area contributed by atoms with Crippen molar-refractivity contribution in [1.82, 2.24) is 14.8 Å². The summed E-state index contributed by atoms with van der Waals surface area (Å²) in [5.41, 5.74) is 6.59. The van der Waals surface area contributed by atoms with Crippen LogP contribution in [-0.4, -0.2) is 20.7 Å². The van der Waals surface area contributed by atoms with E-state index in [1.165, 1.54) is 31.2 Å². The third-order valence-corrected chi connectivity index (χ3v) is 4.68. The van der Waals surface area contributed by atoms with Crippen LogP contribution >= 0.6 is 0 Å². The van der Waals surface area contributed by atoms with Crippen molar-refractivity contribution in [2.24, 2.45) is 11.7 Å². The monoisotopic (exact) mass is 312 g/mol. The maximum absolute atomic E-state index is 11.2. The van der Waals surface area contributed by atoms with Crippen molar-refractivity contribution in [3.05, 3.63) is 47.5 Å². The molecule has 2 N–H and O–H groups in total. The van der Waals surface area contributed by atoms with Gasteiger partial charge in [0.15, 0.2) is 5.82 Å². The molecule has 1 saturated carbocycles. The number of aromatic nitrogens is 3. The van der Waals surface area contributed by atoms with Crippen molar-refractivity contribution in [2.45, 2.75) is 51.5 Å². The Kier molecular flexibility index (Phi) is 4.74. The standard InChI is InChI=1S/C18H24N4O/c1-2-22-18(20-16(21-22)12-15(19)23)17(14-10-6-7-11-14)13-8-4-3-5-9-13/h3-5,8-9,14,17H,2,6-7,10-12H2,1H3,(H2,19,23)/t17-/m1/s1. The predicted molar refractivity (Wildman–Crippen MR) is 88.8 cm³/mol. The molecule has 3 rings (SSSR count). The van der Waals surface area contributed by atoms with Crippen LogP contribution in [0.3, 0.4) is 0 Å². The number of hydrogen-bond acceptors (Lipinski definition) is 3. The van der Waals surface area contributed by atoms with E-state index in [9.17, 15) is 4.79 Å². The van der Waals surface area contributed by atoms with E-state index in [1.54, 1.807) is 0 Å². The molecule has 23 heavy (non-hydrogen) atoms. The summed E-state index contributed by atoms with van der Waals surface area (Å²) in [7, 11) is 0. The van der Waals surface area contributed by atoms with Gasteiger partial charge < -0.3 is 5.73 Å². The number of hydrogen-bond donors (Lipinski definition) is 1. The minimum atomic E-state index is -0.387. The lowest BCUT2D eigenvalue weighted by Gasteiger charge is -2.23. The molecule has 1 heterocycles. The van der Waals surface area contributed by atoms with E-state index >= 15 is 0 Å². The van der Waals surface area contributed by atoms with E-state index in [0.29, 0.717) is 11.7 Å². The summed E-state index contributed by atoms with van der Waals surface area (Å²) >= 11 is 0. The van der Waals surface area contributed by atoms with Crippen molar-refractivity contribution in [3.63, 3.8) is 0 Å². The molecule has 1 aromatic heterocycles. The Bertz CT molecular complexity index is 659. The van der Waals surface area contributed by atoms with Crippen LogP contribution < -0.4 is 5.73 Å². The zero-order chi connectivity index (χ0) is 16.2. The summed E-state index contributed by atoms with van der Waals surface area (Å²) in [6, 6.07) is 10.5. The Labute approximate surface area is 136 Å². The normalized spacial score (nSPS) is 16.6. The number of nitrogens with two attached hydrogens (primary N) is 1. The second-order valence-electron chi connectivity index (χ2n) is 6.28. The van der Waals surface area contributed by atoms with Crippen LogP contribution in [0.2, 0.25) is 0 Å². The maximum atomic E-state index is 11.2. The molecule has 0 spiro atoms. The number of nitrogens with zero attached hydrogens (tertiary/aromatic N) is 3. The molecule has 1 amide bonds. The molecule has 0 unspecified atom stereocenters. The van der Waals surface area contributed by atoms with Crippen molar-refractivity contribution in [3.8, 4) is 0 Å². The van der Waals surface area contributed by atoms with Gasteiger partial charge in [-0.3, -0.25) is 4.79 Å². The second-order valence-corrected chi connectivity index (χ2v) is 6.28. The van der Waals surface area contributed by atoms with Gasteiger partial charge in [-0.05, 0) is 31.2 Å². The van der Waals surface area contributed by atoms with Crippen LogP contribution in [-0.2, 0) is 17.8 Å². The number of primary amides is 1. The molecule has 1 fully saturated rings. The van der Waals surface area contributed by atoms with E-state index in [0.717, 1.165) is 12.4 Å². The molecule has 0 saturated heterocycles. The second kappa shape index (κ2) is 6.94. The first-order chi connectivity index (χ1) is 11.2. The summed E-state index contributed by atoms with van der Waals surface area (Å²) in [5.74, 6) is 1.96. The molecular weight excluding hydrogens is 288 g/mol. The molecule has 2 aromatic rings. The molecule has 1 aromatic carbocycles. The van der Waals surface area contributed by atoms with Gasteiger partial charge in [0.05, 0.1) is 6.42 Å². The highest BCUT2D eigenvalue weighted by Gasteiger charge is 2.31. The molecule has 1 aliphatic rings. The molecule has 0 aliphatic heterocycles. The molecule has 1 atom stereocenters. The number of rotatable bonds is 6. The zero-order valence-electron chi connectivity index (χ0n) is 13.6. The highest BCUT2D eigenvalue weighted by molar-refractivity contribution is 5.75. The van der Waals surface area contributed by atoms with Gasteiger partial charge in [0, 0.05) is 12.5 Å². The van der Waals surface area contributed by atoms with Crippen molar-refractivity contribution in [2.75, 3.05) is 0 Å².